The standard InChI is InChI=1S/C13H13N3O/c1-2-8-17-12-9-11(14)15-13(16-12)10-6-4-3-5-7-10/h2-7,9H,1,8H2,(H2,14,15,16). The van der Waals surface area contributed by atoms with Crippen molar-refractivity contribution < 1.29 is 4.74 Å². The SMILES string of the molecule is C=CCOc1cc(N)nc(-c2ccccc2)n1. The van der Waals surface area contributed by atoms with Crippen molar-refractivity contribution in [3.05, 3.63) is 49.1 Å². The van der Waals surface area contributed by atoms with Gasteiger partial charge >= 0.3 is 0 Å². The average molecular weight is 227 g/mol. The maximum atomic E-state index is 5.71. The largest absolute Gasteiger partial charge is 0.473 e. The Morgan fingerprint density at radius 2 is 2.00 bits per heavy atom. The Morgan fingerprint density at radius 3 is 2.71 bits per heavy atom. The summed E-state index contributed by atoms with van der Waals surface area (Å²) >= 11 is 0. The summed E-state index contributed by atoms with van der Waals surface area (Å²) < 4.78 is 5.35. The maximum absolute atomic E-state index is 5.71. The quantitative estimate of drug-likeness (QED) is 0.814. The topological polar surface area (TPSA) is 61.0 Å². The predicted octanol–water partition coefficient (Wildman–Crippen LogP) is 2.29. The van der Waals surface area contributed by atoms with E-state index in [1.807, 2.05) is 30.3 Å². The molecule has 0 aliphatic carbocycles. The van der Waals surface area contributed by atoms with Crippen molar-refractivity contribution in [1.29, 1.82) is 0 Å². The van der Waals surface area contributed by atoms with Gasteiger partial charge in [-0.1, -0.05) is 43.0 Å². The van der Waals surface area contributed by atoms with E-state index in [2.05, 4.69) is 16.5 Å². The van der Waals surface area contributed by atoms with Gasteiger partial charge in [-0.15, -0.1) is 0 Å². The fourth-order valence-electron chi connectivity index (χ4n) is 1.38. The Kier molecular flexibility index (Phi) is 3.35. The zero-order chi connectivity index (χ0) is 12.1. The van der Waals surface area contributed by atoms with E-state index in [4.69, 9.17) is 10.5 Å². The van der Waals surface area contributed by atoms with Crippen LogP contribution in [-0.4, -0.2) is 16.6 Å². The number of rotatable bonds is 4. The van der Waals surface area contributed by atoms with E-state index in [0.717, 1.165) is 5.56 Å². The van der Waals surface area contributed by atoms with E-state index in [-0.39, 0.29) is 0 Å². The number of ether oxygens (including phenoxy) is 1. The zero-order valence-electron chi connectivity index (χ0n) is 9.34. The minimum atomic E-state index is 0.387. The second-order valence-corrected chi connectivity index (χ2v) is 3.42. The summed E-state index contributed by atoms with van der Waals surface area (Å²) in [5.41, 5.74) is 6.62. The maximum Gasteiger partial charge on any atom is 0.219 e. The lowest BCUT2D eigenvalue weighted by molar-refractivity contribution is 0.349. The van der Waals surface area contributed by atoms with Crippen LogP contribution in [-0.2, 0) is 0 Å². The highest BCUT2D eigenvalue weighted by molar-refractivity contribution is 5.57. The van der Waals surface area contributed by atoms with Crippen molar-refractivity contribution >= 4 is 5.82 Å². The number of aromatic nitrogens is 2. The van der Waals surface area contributed by atoms with Crippen molar-refractivity contribution in [3.63, 3.8) is 0 Å². The highest BCUT2D eigenvalue weighted by Gasteiger charge is 2.05. The van der Waals surface area contributed by atoms with Crippen LogP contribution < -0.4 is 10.5 Å². The molecule has 4 nitrogen and oxygen atoms in total. The first kappa shape index (κ1) is 11.1. The van der Waals surface area contributed by atoms with Crippen molar-refractivity contribution in [2.24, 2.45) is 0 Å². The molecule has 0 atom stereocenters. The molecule has 1 aromatic carbocycles. The van der Waals surface area contributed by atoms with Gasteiger partial charge in [0.15, 0.2) is 5.82 Å². The van der Waals surface area contributed by atoms with Crippen molar-refractivity contribution in [2.45, 2.75) is 0 Å². The van der Waals surface area contributed by atoms with Gasteiger partial charge in [0.05, 0.1) is 0 Å². The summed E-state index contributed by atoms with van der Waals surface area (Å²) in [5.74, 6) is 1.40. The summed E-state index contributed by atoms with van der Waals surface area (Å²) in [6, 6.07) is 11.2. The Hall–Kier alpha value is -2.36. The fraction of sp³-hybridized carbons (Fsp3) is 0.0769. The van der Waals surface area contributed by atoms with E-state index in [1.54, 1.807) is 12.1 Å². The van der Waals surface area contributed by atoms with Gasteiger partial charge in [-0.05, 0) is 0 Å². The first-order chi connectivity index (χ1) is 8.29. The van der Waals surface area contributed by atoms with Crippen molar-refractivity contribution in [3.8, 4) is 17.3 Å². The number of hydrogen-bond donors (Lipinski definition) is 1. The molecular weight excluding hydrogens is 214 g/mol. The van der Waals surface area contributed by atoms with E-state index < -0.39 is 0 Å². The highest BCUT2D eigenvalue weighted by atomic mass is 16.5. The van der Waals surface area contributed by atoms with Crippen LogP contribution >= 0.6 is 0 Å². The van der Waals surface area contributed by atoms with E-state index in [9.17, 15) is 0 Å². The second-order valence-electron chi connectivity index (χ2n) is 3.42. The fourth-order valence-corrected chi connectivity index (χ4v) is 1.38. The normalized spacial score (nSPS) is 9.88. The molecule has 0 bridgehead atoms. The molecule has 0 spiro atoms. The van der Waals surface area contributed by atoms with Crippen LogP contribution in [0.1, 0.15) is 0 Å². The van der Waals surface area contributed by atoms with Gasteiger partial charge in [-0.25, -0.2) is 4.98 Å². The molecule has 0 saturated heterocycles. The van der Waals surface area contributed by atoms with Crippen LogP contribution in [0.25, 0.3) is 11.4 Å². The molecule has 1 aromatic heterocycles. The molecule has 86 valence electrons. The molecule has 0 aliphatic rings. The smallest absolute Gasteiger partial charge is 0.219 e. The first-order valence-corrected chi connectivity index (χ1v) is 5.23. The van der Waals surface area contributed by atoms with E-state index >= 15 is 0 Å². The van der Waals surface area contributed by atoms with Gasteiger partial charge in [0.25, 0.3) is 0 Å². The van der Waals surface area contributed by atoms with Crippen LogP contribution in [0, 0.1) is 0 Å². The van der Waals surface area contributed by atoms with Crippen LogP contribution in [0.4, 0.5) is 5.82 Å². The molecule has 17 heavy (non-hydrogen) atoms. The van der Waals surface area contributed by atoms with Gasteiger partial charge in [0, 0.05) is 11.6 Å². The van der Waals surface area contributed by atoms with Crippen LogP contribution in [0.3, 0.4) is 0 Å². The first-order valence-electron chi connectivity index (χ1n) is 5.23. The number of hydrogen-bond acceptors (Lipinski definition) is 4. The van der Waals surface area contributed by atoms with Crippen molar-refractivity contribution in [2.75, 3.05) is 12.3 Å². The molecule has 1 heterocycles. The Morgan fingerprint density at radius 1 is 1.24 bits per heavy atom. The minimum Gasteiger partial charge on any atom is -0.473 e. The molecular formula is C13H13N3O. The predicted molar refractivity (Wildman–Crippen MR) is 67.6 cm³/mol. The molecule has 2 rings (SSSR count). The third kappa shape index (κ3) is 2.81. The molecule has 0 amide bonds. The average Bonchev–Trinajstić information content (AvgIpc) is 2.37. The third-order valence-electron chi connectivity index (χ3n) is 2.10. The van der Waals surface area contributed by atoms with Gasteiger partial charge in [-0.2, -0.15) is 4.98 Å². The van der Waals surface area contributed by atoms with Crippen LogP contribution in [0.5, 0.6) is 5.88 Å². The lowest BCUT2D eigenvalue weighted by Gasteiger charge is -2.06. The minimum absolute atomic E-state index is 0.387. The van der Waals surface area contributed by atoms with Gasteiger partial charge < -0.3 is 10.5 Å². The molecule has 2 aromatic rings. The van der Waals surface area contributed by atoms with Gasteiger partial charge in [0.1, 0.15) is 12.4 Å². The van der Waals surface area contributed by atoms with E-state index in [1.165, 1.54) is 0 Å². The van der Waals surface area contributed by atoms with Crippen molar-refractivity contribution in [1.82, 2.24) is 9.97 Å². The summed E-state index contributed by atoms with van der Waals surface area (Å²) in [6.45, 7) is 3.97. The van der Waals surface area contributed by atoms with Gasteiger partial charge in [-0.3, -0.25) is 0 Å². The third-order valence-corrected chi connectivity index (χ3v) is 2.10. The molecule has 2 N–H and O–H groups in total. The summed E-state index contributed by atoms with van der Waals surface area (Å²) in [7, 11) is 0. The summed E-state index contributed by atoms with van der Waals surface area (Å²) in [5, 5.41) is 0. The summed E-state index contributed by atoms with van der Waals surface area (Å²) in [6.07, 6.45) is 1.65. The second kappa shape index (κ2) is 5.12. The lowest BCUT2D eigenvalue weighted by Crippen LogP contribution is -2.01. The number of anilines is 1. The van der Waals surface area contributed by atoms with Gasteiger partial charge in [0.2, 0.25) is 5.88 Å². The number of benzene rings is 1. The molecule has 0 saturated carbocycles. The molecule has 4 heteroatoms. The Balaban J connectivity index is 2.35. The number of nitrogens with two attached hydrogens (primary N) is 1. The lowest BCUT2D eigenvalue weighted by atomic mass is 10.2. The number of nitrogen functional groups attached to an aromatic ring is 1. The van der Waals surface area contributed by atoms with E-state index in [0.29, 0.717) is 24.1 Å². The summed E-state index contributed by atoms with van der Waals surface area (Å²) in [4.78, 5) is 8.45. The molecule has 0 unspecified atom stereocenters. The Bertz CT molecular complexity index is 511. The van der Waals surface area contributed by atoms with Crippen LogP contribution in [0.2, 0.25) is 0 Å². The monoisotopic (exact) mass is 227 g/mol. The molecule has 0 fully saturated rings. The highest BCUT2D eigenvalue weighted by Crippen LogP contribution is 2.19. The molecule has 0 aliphatic heterocycles. The van der Waals surface area contributed by atoms with Crippen LogP contribution in [0.15, 0.2) is 49.1 Å². The molecule has 0 radical (unpaired) electrons. The zero-order valence-corrected chi connectivity index (χ0v) is 9.34. The number of nitrogens with zero attached hydrogens (tertiary/aromatic N) is 2. The Labute approximate surface area is 99.8 Å².